The highest BCUT2D eigenvalue weighted by molar-refractivity contribution is 9.10. The summed E-state index contributed by atoms with van der Waals surface area (Å²) in [4.78, 5) is 22.0. The molecule has 3 rings (SSSR count). The van der Waals surface area contributed by atoms with Gasteiger partial charge < -0.3 is 4.74 Å². The standard InChI is InChI=1S/C26H40BrF3N4O3SSi/c1-10-39(11-2,12-3)16-13-18(27)32-20(19(16)28)25(9)17-14-26(29,30)15-31-38(17,36)24(7,8)21(34-25)33-22(35)37-23(4,5)6/h13,17H,10-12,14-15H2,1-9H3,(H,33,34,35)/t17-,25+,38-/m1/s1. The number of hydrogen-bond acceptors (Lipinski definition) is 6. The number of ether oxygens (including phenoxy) is 1. The van der Waals surface area contributed by atoms with Gasteiger partial charge in [-0.1, -0.05) is 38.9 Å². The summed E-state index contributed by atoms with van der Waals surface area (Å²) >= 11 is 3.42. The third kappa shape index (κ3) is 5.56. The maximum Gasteiger partial charge on any atom is 0.413 e. The Morgan fingerprint density at radius 2 is 1.77 bits per heavy atom. The molecule has 0 spiro atoms. The van der Waals surface area contributed by atoms with Gasteiger partial charge in [-0.3, -0.25) is 10.3 Å². The second kappa shape index (κ2) is 10.4. The molecule has 0 fully saturated rings. The van der Waals surface area contributed by atoms with Crippen molar-refractivity contribution in [3.8, 4) is 0 Å². The van der Waals surface area contributed by atoms with Crippen molar-refractivity contribution in [2.45, 2.75) is 114 Å². The summed E-state index contributed by atoms with van der Waals surface area (Å²) in [6.45, 7) is 14.8. The summed E-state index contributed by atoms with van der Waals surface area (Å²) < 4.78 is 69.5. The number of alkyl halides is 2. The number of amidine groups is 1. The minimum atomic E-state index is -3.54. The van der Waals surface area contributed by atoms with Crippen molar-refractivity contribution in [2.24, 2.45) is 9.36 Å². The number of nitrogens with zero attached hydrogens (tertiary/aromatic N) is 3. The zero-order valence-electron chi connectivity index (χ0n) is 24.2. The van der Waals surface area contributed by atoms with E-state index in [4.69, 9.17) is 9.73 Å². The van der Waals surface area contributed by atoms with Crippen LogP contribution in [0.3, 0.4) is 0 Å². The van der Waals surface area contributed by atoms with Gasteiger partial charge in [0.15, 0.2) is 0 Å². The molecule has 3 heterocycles. The first-order valence-electron chi connectivity index (χ1n) is 13.3. The average Bonchev–Trinajstić information content (AvgIpc) is 2.81. The zero-order valence-corrected chi connectivity index (χ0v) is 27.6. The number of halogens is 4. The van der Waals surface area contributed by atoms with E-state index < -0.39 is 69.7 Å². The van der Waals surface area contributed by atoms with E-state index in [1.807, 2.05) is 20.8 Å². The lowest BCUT2D eigenvalue weighted by Gasteiger charge is -2.49. The van der Waals surface area contributed by atoms with Crippen LogP contribution in [0, 0.1) is 5.82 Å². The minimum Gasteiger partial charge on any atom is -0.444 e. The fraction of sp³-hybridized carbons (Fsp3) is 0.731. The molecule has 0 saturated heterocycles. The third-order valence-electron chi connectivity index (χ3n) is 8.26. The number of pyridine rings is 1. The fourth-order valence-corrected chi connectivity index (χ4v) is 13.2. The molecule has 2 aliphatic heterocycles. The fourth-order valence-electron chi connectivity index (χ4n) is 5.66. The van der Waals surface area contributed by atoms with E-state index >= 15 is 4.39 Å². The molecule has 1 aromatic heterocycles. The Bertz CT molecular complexity index is 1300. The number of amides is 1. The van der Waals surface area contributed by atoms with Gasteiger partial charge in [-0.05, 0) is 68.7 Å². The first kappa shape index (κ1) is 32.0. The normalized spacial score (nSPS) is 28.1. The number of carbonyl (C=O) groups is 1. The van der Waals surface area contributed by atoms with E-state index in [-0.39, 0.29) is 11.5 Å². The molecule has 1 amide bonds. The summed E-state index contributed by atoms with van der Waals surface area (Å²) in [7, 11) is -5.85. The molecule has 13 heteroatoms. The van der Waals surface area contributed by atoms with Crippen molar-refractivity contribution >= 4 is 50.8 Å². The van der Waals surface area contributed by atoms with Gasteiger partial charge in [0, 0.05) is 6.42 Å². The van der Waals surface area contributed by atoms with E-state index in [0.717, 1.165) is 18.1 Å². The average molecular weight is 654 g/mol. The van der Waals surface area contributed by atoms with E-state index in [1.165, 1.54) is 6.92 Å². The van der Waals surface area contributed by atoms with Gasteiger partial charge in [0.25, 0.3) is 5.92 Å². The Balaban J connectivity index is 2.38. The molecular weight excluding hydrogens is 613 g/mol. The van der Waals surface area contributed by atoms with Crippen molar-refractivity contribution in [3.05, 3.63) is 22.2 Å². The van der Waals surface area contributed by atoms with Crippen LogP contribution >= 0.6 is 15.9 Å². The Kier molecular flexibility index (Phi) is 8.56. The van der Waals surface area contributed by atoms with Crippen molar-refractivity contribution in [3.63, 3.8) is 0 Å². The second-order valence-corrected chi connectivity index (χ2v) is 21.2. The highest BCUT2D eigenvalue weighted by Crippen LogP contribution is 2.50. The Labute approximate surface area is 239 Å². The largest absolute Gasteiger partial charge is 0.444 e. The first-order valence-corrected chi connectivity index (χ1v) is 18.3. The highest BCUT2D eigenvalue weighted by atomic mass is 79.9. The van der Waals surface area contributed by atoms with Gasteiger partial charge in [0.2, 0.25) is 0 Å². The lowest BCUT2D eigenvalue weighted by molar-refractivity contribution is -0.00695. The summed E-state index contributed by atoms with van der Waals surface area (Å²) in [6.07, 6.45) is -1.66. The quantitative estimate of drug-likeness (QED) is 0.290. The maximum atomic E-state index is 16.7. The molecule has 0 unspecified atom stereocenters. The van der Waals surface area contributed by atoms with Gasteiger partial charge in [-0.25, -0.2) is 31.5 Å². The molecule has 1 N–H and O–H groups in total. The lowest BCUT2D eigenvalue weighted by atomic mass is 9.88. The third-order valence-corrected chi connectivity index (χ3v) is 17.8. The van der Waals surface area contributed by atoms with Crippen LogP contribution in [0.5, 0.6) is 0 Å². The van der Waals surface area contributed by atoms with Gasteiger partial charge in [0.05, 0.1) is 23.1 Å². The zero-order chi connectivity index (χ0) is 29.8. The van der Waals surface area contributed by atoms with Crippen LogP contribution in [0.15, 0.2) is 20.0 Å². The monoisotopic (exact) mass is 652 g/mol. The number of aliphatic imine (C=N–C) groups is 1. The van der Waals surface area contributed by atoms with Crippen LogP contribution in [-0.2, 0) is 20.0 Å². The van der Waals surface area contributed by atoms with Crippen LogP contribution in [0.4, 0.5) is 18.0 Å². The Morgan fingerprint density at radius 1 is 1.21 bits per heavy atom. The van der Waals surface area contributed by atoms with Gasteiger partial charge in [-0.2, -0.15) is 0 Å². The molecule has 0 aliphatic carbocycles. The number of alkyl carbamates (subject to hydrolysis) is 1. The van der Waals surface area contributed by atoms with Crippen molar-refractivity contribution in [1.29, 1.82) is 0 Å². The lowest BCUT2D eigenvalue weighted by Crippen LogP contribution is -2.64. The molecule has 0 aromatic carbocycles. The smallest absolute Gasteiger partial charge is 0.413 e. The maximum absolute atomic E-state index is 16.7. The molecule has 0 saturated carbocycles. The van der Waals surface area contributed by atoms with Crippen molar-refractivity contribution < 1.29 is 26.9 Å². The van der Waals surface area contributed by atoms with Crippen LogP contribution in [0.25, 0.3) is 0 Å². The molecule has 2 aliphatic rings. The Hall–Kier alpha value is -1.47. The number of nitrogens with one attached hydrogen (secondary N) is 1. The number of carbonyl (C=O) groups excluding carboxylic acids is 1. The number of aromatic nitrogens is 1. The molecule has 39 heavy (non-hydrogen) atoms. The van der Waals surface area contributed by atoms with E-state index in [0.29, 0.717) is 9.79 Å². The molecule has 3 atom stereocenters. The SMILES string of the molecule is CC[Si](CC)(CC)c1cc(Br)nc([C@@]2(C)N=C(NC(=O)OC(C)(C)C)C(C)(C)[S@@]3(=O)=NCC(F)(F)C[C@H]23)c1F. The van der Waals surface area contributed by atoms with E-state index in [9.17, 15) is 17.8 Å². The summed E-state index contributed by atoms with van der Waals surface area (Å²) in [6, 6.07) is 4.01. The van der Waals surface area contributed by atoms with Crippen LogP contribution in [-0.4, -0.2) is 57.3 Å². The van der Waals surface area contributed by atoms with E-state index in [1.54, 1.807) is 40.7 Å². The molecule has 1 aromatic rings. The summed E-state index contributed by atoms with van der Waals surface area (Å²) in [5.74, 6) is -3.94. The van der Waals surface area contributed by atoms with Crippen LogP contribution in [0.1, 0.15) is 74.4 Å². The molecular formula is C26H40BrF3N4O3SSi. The van der Waals surface area contributed by atoms with Gasteiger partial charge >= 0.3 is 6.09 Å². The number of hydrogen-bond donors (Lipinski definition) is 1. The molecule has 0 bridgehead atoms. The topological polar surface area (TPSA) is 93.0 Å². The molecule has 0 radical (unpaired) electrons. The molecule has 220 valence electrons. The summed E-state index contributed by atoms with van der Waals surface area (Å²) in [5, 5.41) is 1.76. The minimum absolute atomic E-state index is 0.0674. The van der Waals surface area contributed by atoms with Crippen LogP contribution < -0.4 is 10.5 Å². The van der Waals surface area contributed by atoms with Gasteiger partial charge in [-0.15, -0.1) is 0 Å². The van der Waals surface area contributed by atoms with Gasteiger partial charge in [0.1, 0.15) is 44.4 Å². The van der Waals surface area contributed by atoms with Crippen LogP contribution in [0.2, 0.25) is 18.1 Å². The van der Waals surface area contributed by atoms with Crippen molar-refractivity contribution in [2.75, 3.05) is 6.54 Å². The predicted molar refractivity (Wildman–Crippen MR) is 156 cm³/mol. The highest BCUT2D eigenvalue weighted by Gasteiger charge is 2.61. The first-order chi connectivity index (χ1) is 17.7. The Morgan fingerprint density at radius 3 is 2.28 bits per heavy atom. The number of rotatable bonds is 5. The van der Waals surface area contributed by atoms with E-state index in [2.05, 4.69) is 30.6 Å². The number of fused-ring (bicyclic) bond motifs is 1. The summed E-state index contributed by atoms with van der Waals surface area (Å²) in [5.41, 5.74) is -2.83. The molecule has 7 nitrogen and oxygen atoms in total. The predicted octanol–water partition coefficient (Wildman–Crippen LogP) is 6.50. The second-order valence-electron chi connectivity index (χ2n) is 12.1. The van der Waals surface area contributed by atoms with Crippen molar-refractivity contribution in [1.82, 2.24) is 10.3 Å².